The summed E-state index contributed by atoms with van der Waals surface area (Å²) in [4.78, 5) is 24.5. The lowest BCUT2D eigenvalue weighted by Gasteiger charge is -2.33. The minimum atomic E-state index is -0.146. The number of hydrogen-bond acceptors (Lipinski definition) is 7. The number of carbonyl (C=O) groups excluding carboxylic acids is 1. The summed E-state index contributed by atoms with van der Waals surface area (Å²) >= 11 is 1.54. The Morgan fingerprint density at radius 1 is 0.716 bits per heavy atom. The van der Waals surface area contributed by atoms with Crippen molar-refractivity contribution in [1.29, 1.82) is 0 Å². The van der Waals surface area contributed by atoms with Gasteiger partial charge in [-0.2, -0.15) is 4.58 Å². The van der Waals surface area contributed by atoms with Crippen molar-refractivity contribution < 1.29 is 18.8 Å². The first-order valence-corrected chi connectivity index (χ1v) is 28.4. The highest BCUT2D eigenvalue weighted by molar-refractivity contribution is 8.00. The van der Waals surface area contributed by atoms with Crippen molar-refractivity contribution in [2.45, 2.75) is 124 Å². The molecule has 0 radical (unpaired) electrons. The smallest absolute Gasteiger partial charge is 0.242 e. The number of amides is 1. The van der Waals surface area contributed by atoms with Crippen molar-refractivity contribution in [3.05, 3.63) is 166 Å². The van der Waals surface area contributed by atoms with Crippen LogP contribution in [0.2, 0.25) is 0 Å². The molecular formula is C65H78N5O3S+. The van der Waals surface area contributed by atoms with E-state index in [0.717, 1.165) is 104 Å². The highest BCUT2D eigenvalue weighted by Gasteiger charge is 2.45. The standard InChI is InChI=1S/C65H78N5O3S/c1-13-38-65(12)53-40-45(9)21-33-55(53)69(19-7)61(65)37-25-47-23-22-46(24-36-60-64(10,11)52-39-44(8)20-32-54(52)68(60)18-6)63(47)72-50-28-30-51(31-29-50)74-43-62(71)70-56-34-26-48(66(14-2)15-3)41-58(56)73-59-42-49(27-35-57(59)70)67(16-4)17-5/h20-21,24-37,39-42H,13-19,22-23,38,43H2,1-12H3/q+1. The molecule has 8 nitrogen and oxygen atoms in total. The van der Waals surface area contributed by atoms with Crippen LogP contribution in [0.4, 0.5) is 34.1 Å². The first kappa shape index (κ1) is 52.4. The number of thioether (sulfide) groups is 1. The molecular weight excluding hydrogens is 931 g/mol. The van der Waals surface area contributed by atoms with Gasteiger partial charge in [0.1, 0.15) is 18.1 Å². The lowest BCUT2D eigenvalue weighted by atomic mass is 9.77. The highest BCUT2D eigenvalue weighted by Crippen LogP contribution is 2.52. The van der Waals surface area contributed by atoms with Crippen molar-refractivity contribution in [1.82, 2.24) is 0 Å². The van der Waals surface area contributed by atoms with Crippen LogP contribution in [0, 0.1) is 13.8 Å². The molecule has 9 rings (SSSR count). The van der Waals surface area contributed by atoms with E-state index in [4.69, 9.17) is 9.47 Å². The molecule has 0 fully saturated rings. The van der Waals surface area contributed by atoms with Crippen LogP contribution in [0.1, 0.15) is 117 Å². The summed E-state index contributed by atoms with van der Waals surface area (Å²) in [5, 5.41) is 0. The van der Waals surface area contributed by atoms with Crippen LogP contribution >= 0.6 is 11.8 Å². The Morgan fingerprint density at radius 3 is 1.92 bits per heavy atom. The van der Waals surface area contributed by atoms with Gasteiger partial charge in [-0.05, 0) is 185 Å². The number of hydrogen-bond donors (Lipinski definition) is 0. The van der Waals surface area contributed by atoms with Crippen LogP contribution < -0.4 is 29.1 Å². The van der Waals surface area contributed by atoms with E-state index in [1.807, 2.05) is 17.0 Å². The Hall–Kier alpha value is -6.45. The van der Waals surface area contributed by atoms with Gasteiger partial charge in [0.25, 0.3) is 0 Å². The normalized spacial score (nSPS) is 18.6. The molecule has 1 unspecified atom stereocenters. The monoisotopic (exact) mass is 1010 g/mol. The number of aryl methyl sites for hydroxylation is 2. The zero-order valence-electron chi connectivity index (χ0n) is 46.2. The molecule has 5 aromatic carbocycles. The van der Waals surface area contributed by atoms with Gasteiger partial charge in [0.05, 0.1) is 22.5 Å². The van der Waals surface area contributed by atoms with Crippen LogP contribution in [0.5, 0.6) is 17.2 Å². The molecule has 0 N–H and O–H groups in total. The third kappa shape index (κ3) is 9.73. The number of likely N-dealkylation sites (N-methyl/N-ethyl adjacent to an activating group) is 1. The van der Waals surface area contributed by atoms with E-state index in [1.165, 1.54) is 56.2 Å². The number of nitrogens with zero attached hydrogens (tertiary/aromatic N) is 5. The molecule has 3 heterocycles. The van der Waals surface area contributed by atoms with Gasteiger partial charge in [-0.15, -0.1) is 11.8 Å². The van der Waals surface area contributed by atoms with Gasteiger partial charge in [-0.25, -0.2) is 0 Å². The topological polar surface area (TPSA) is 51.5 Å². The van der Waals surface area contributed by atoms with E-state index >= 15 is 0 Å². The second-order valence-electron chi connectivity index (χ2n) is 20.9. The fourth-order valence-electron chi connectivity index (χ4n) is 12.0. The number of carbonyl (C=O) groups is 1. The molecule has 386 valence electrons. The second-order valence-corrected chi connectivity index (χ2v) is 21.9. The minimum Gasteiger partial charge on any atom is -0.457 e. The number of anilines is 5. The molecule has 9 heteroatoms. The molecule has 1 aliphatic carbocycles. The van der Waals surface area contributed by atoms with E-state index in [1.54, 1.807) is 11.8 Å². The Kier molecular flexibility index (Phi) is 15.4. The number of ether oxygens (including phenoxy) is 2. The Bertz CT molecular complexity index is 3040. The third-order valence-electron chi connectivity index (χ3n) is 16.0. The predicted octanol–water partition coefficient (Wildman–Crippen LogP) is 16.0. The van der Waals surface area contributed by atoms with Gasteiger partial charge in [0.15, 0.2) is 17.2 Å². The summed E-state index contributed by atoms with van der Waals surface area (Å²) in [7, 11) is 0. The zero-order chi connectivity index (χ0) is 52.5. The van der Waals surface area contributed by atoms with Crippen molar-refractivity contribution in [2.75, 3.05) is 64.6 Å². The maximum Gasteiger partial charge on any atom is 0.242 e. The van der Waals surface area contributed by atoms with Gasteiger partial charge in [0.2, 0.25) is 11.6 Å². The lowest BCUT2D eigenvalue weighted by Crippen LogP contribution is -2.31. The zero-order valence-corrected chi connectivity index (χ0v) is 47.0. The average Bonchev–Trinajstić information content (AvgIpc) is 3.96. The van der Waals surface area contributed by atoms with Crippen molar-refractivity contribution in [3.8, 4) is 17.2 Å². The van der Waals surface area contributed by atoms with Crippen molar-refractivity contribution in [2.24, 2.45) is 0 Å². The molecule has 1 atom stereocenters. The fourth-order valence-corrected chi connectivity index (χ4v) is 12.7. The molecule has 0 saturated carbocycles. The molecule has 1 amide bonds. The maximum absolute atomic E-state index is 14.6. The van der Waals surface area contributed by atoms with E-state index in [2.05, 4.69) is 212 Å². The molecule has 0 bridgehead atoms. The molecule has 3 aliphatic heterocycles. The Labute approximate surface area is 446 Å². The fraction of sp³-hybridized carbons (Fsp3) is 0.385. The quantitative estimate of drug-likeness (QED) is 0.0640. The maximum atomic E-state index is 14.6. The van der Waals surface area contributed by atoms with Crippen molar-refractivity contribution >= 4 is 57.5 Å². The van der Waals surface area contributed by atoms with Gasteiger partial charge in [-0.1, -0.05) is 48.7 Å². The summed E-state index contributed by atoms with van der Waals surface area (Å²) in [5.41, 5.74) is 16.5. The number of rotatable bonds is 18. The largest absolute Gasteiger partial charge is 0.457 e. The van der Waals surface area contributed by atoms with Crippen LogP contribution in [-0.2, 0) is 15.6 Å². The van der Waals surface area contributed by atoms with Gasteiger partial charge in [-0.3, -0.25) is 9.69 Å². The summed E-state index contributed by atoms with van der Waals surface area (Å²) in [6.07, 6.45) is 13.3. The third-order valence-corrected chi connectivity index (χ3v) is 17.0. The van der Waals surface area contributed by atoms with E-state index < -0.39 is 0 Å². The predicted molar refractivity (Wildman–Crippen MR) is 313 cm³/mol. The second kappa shape index (κ2) is 21.8. The van der Waals surface area contributed by atoms with E-state index in [0.29, 0.717) is 11.5 Å². The summed E-state index contributed by atoms with van der Waals surface area (Å²) in [6.45, 7) is 32.3. The van der Waals surface area contributed by atoms with Crippen LogP contribution in [0.15, 0.2) is 149 Å². The molecule has 74 heavy (non-hydrogen) atoms. The molecule has 5 aromatic rings. The SMILES string of the molecule is CCCC1(C)/C(=C\C=C2/CCC(/C=C/C3=[N+](CC)c4ccc(C)cc4C3(C)C)=C2Oc2ccc(SCC(=O)N3c4ccc(N(CC)CC)cc4Oc4cc(N(CC)CC)ccc43)cc2)N(CC)c2ccc(C)cc21. The van der Waals surface area contributed by atoms with Gasteiger partial charge < -0.3 is 24.2 Å². The molecule has 0 spiro atoms. The van der Waals surface area contributed by atoms with Crippen LogP contribution in [0.25, 0.3) is 0 Å². The van der Waals surface area contributed by atoms with E-state index in [9.17, 15) is 4.79 Å². The first-order chi connectivity index (χ1) is 35.7. The average molecular weight is 1010 g/mol. The minimum absolute atomic E-state index is 0.0101. The highest BCUT2D eigenvalue weighted by atomic mass is 32.2. The van der Waals surface area contributed by atoms with Crippen molar-refractivity contribution in [3.63, 3.8) is 0 Å². The van der Waals surface area contributed by atoms with Crippen LogP contribution in [0.3, 0.4) is 0 Å². The van der Waals surface area contributed by atoms with Crippen LogP contribution in [-0.4, -0.2) is 61.2 Å². The molecule has 0 saturated heterocycles. The summed E-state index contributed by atoms with van der Waals surface area (Å²) in [5.74, 6) is 3.31. The summed E-state index contributed by atoms with van der Waals surface area (Å²) in [6, 6.07) is 34.5. The summed E-state index contributed by atoms with van der Waals surface area (Å²) < 4.78 is 16.2. The number of fused-ring (bicyclic) bond motifs is 4. The Balaban J connectivity index is 1.02. The molecule has 4 aliphatic rings. The Morgan fingerprint density at radius 2 is 1.32 bits per heavy atom. The lowest BCUT2D eigenvalue weighted by molar-refractivity contribution is -0.433. The van der Waals surface area contributed by atoms with Gasteiger partial charge in [0, 0.05) is 95.6 Å². The van der Waals surface area contributed by atoms with E-state index in [-0.39, 0.29) is 22.5 Å². The first-order valence-electron chi connectivity index (χ1n) is 27.4. The number of benzene rings is 5. The number of allylic oxidation sites excluding steroid dienone is 7. The molecule has 0 aromatic heterocycles. The van der Waals surface area contributed by atoms with Gasteiger partial charge >= 0.3 is 0 Å².